The molecule has 14 nitrogen and oxygen atoms in total. The zero-order chi connectivity index (χ0) is 29.3. The topological polar surface area (TPSA) is 202 Å². The van der Waals surface area contributed by atoms with Crippen molar-refractivity contribution in [2.24, 2.45) is 21.5 Å². The fourth-order valence-corrected chi connectivity index (χ4v) is 6.19. The predicted octanol–water partition coefficient (Wildman–Crippen LogP) is -1.45. The number of benzene rings is 2. The molecule has 1 spiro atoms. The monoisotopic (exact) mass is 561 g/mol. The number of aliphatic imine (C=N–C) groups is 2. The summed E-state index contributed by atoms with van der Waals surface area (Å²) in [7, 11) is 0. The molecule has 2 aromatic carbocycles. The zero-order valence-electron chi connectivity index (χ0n) is 22.5. The van der Waals surface area contributed by atoms with Crippen LogP contribution in [0.25, 0.3) is 0 Å². The first-order valence-electron chi connectivity index (χ1n) is 13.2. The number of hydrogen-bond acceptors (Lipinski definition) is 11. The van der Waals surface area contributed by atoms with E-state index in [0.29, 0.717) is 11.3 Å². The Morgan fingerprint density at radius 1 is 1.10 bits per heavy atom. The molecule has 4 aliphatic rings. The van der Waals surface area contributed by atoms with E-state index in [4.69, 9.17) is 11.5 Å². The SMILES string of the molecule is Cc1cccc(C(=O)NC2CN3C(N)=N[C@@H](CN4C(=O)CN(c5ccccc5)C4=O)[C@@H]4N=C(N)N[C@@]43C2(O)O)c1C. The molecule has 4 aliphatic heterocycles. The van der Waals surface area contributed by atoms with E-state index in [1.54, 1.807) is 42.5 Å². The van der Waals surface area contributed by atoms with Crippen LogP contribution in [0.1, 0.15) is 21.5 Å². The molecule has 214 valence electrons. The van der Waals surface area contributed by atoms with Crippen LogP contribution in [-0.2, 0) is 4.79 Å². The van der Waals surface area contributed by atoms with Crippen molar-refractivity contribution in [2.45, 2.75) is 43.4 Å². The molecule has 1 unspecified atom stereocenters. The second kappa shape index (κ2) is 9.17. The van der Waals surface area contributed by atoms with Crippen molar-refractivity contribution >= 4 is 35.5 Å². The maximum atomic E-state index is 13.3. The van der Waals surface area contributed by atoms with Crippen molar-refractivity contribution in [3.8, 4) is 0 Å². The van der Waals surface area contributed by atoms with Gasteiger partial charge in [-0.15, -0.1) is 0 Å². The molecule has 2 saturated heterocycles. The van der Waals surface area contributed by atoms with E-state index in [2.05, 4.69) is 20.6 Å². The number of nitrogens with zero attached hydrogens (tertiary/aromatic N) is 5. The average Bonchev–Trinajstić information content (AvgIpc) is 3.51. The lowest BCUT2D eigenvalue weighted by molar-refractivity contribution is -0.230. The molecule has 8 N–H and O–H groups in total. The molecular weight excluding hydrogens is 530 g/mol. The molecule has 0 aliphatic carbocycles. The number of amides is 4. The van der Waals surface area contributed by atoms with Crippen LogP contribution in [0.5, 0.6) is 0 Å². The van der Waals surface area contributed by atoms with Gasteiger partial charge < -0.3 is 37.2 Å². The van der Waals surface area contributed by atoms with Gasteiger partial charge >= 0.3 is 6.03 Å². The number of nitrogens with one attached hydrogen (secondary N) is 2. The minimum absolute atomic E-state index is 0.0846. The van der Waals surface area contributed by atoms with Crippen LogP contribution in [0, 0.1) is 13.8 Å². The number of para-hydroxylation sites is 1. The number of aliphatic hydroxyl groups is 2. The Bertz CT molecular complexity index is 1510. The van der Waals surface area contributed by atoms with Crippen LogP contribution in [0.2, 0.25) is 0 Å². The van der Waals surface area contributed by atoms with Gasteiger partial charge in [-0.05, 0) is 43.2 Å². The highest BCUT2D eigenvalue weighted by molar-refractivity contribution is 6.12. The number of carbonyl (C=O) groups excluding carboxylic acids is 3. The van der Waals surface area contributed by atoms with Crippen molar-refractivity contribution in [3.63, 3.8) is 0 Å². The van der Waals surface area contributed by atoms with Crippen molar-refractivity contribution in [2.75, 3.05) is 24.5 Å². The minimum Gasteiger partial charge on any atom is -0.370 e. The van der Waals surface area contributed by atoms with Gasteiger partial charge in [0.25, 0.3) is 11.8 Å². The van der Waals surface area contributed by atoms with Gasteiger partial charge in [0.2, 0.25) is 5.79 Å². The van der Waals surface area contributed by atoms with E-state index >= 15 is 0 Å². The van der Waals surface area contributed by atoms with E-state index in [-0.39, 0.29) is 31.6 Å². The summed E-state index contributed by atoms with van der Waals surface area (Å²) in [5.74, 6) is -3.78. The molecule has 0 aromatic heterocycles. The third-order valence-corrected chi connectivity index (χ3v) is 8.45. The van der Waals surface area contributed by atoms with Crippen LogP contribution >= 0.6 is 0 Å². The molecule has 4 amide bonds. The summed E-state index contributed by atoms with van der Waals surface area (Å²) >= 11 is 0. The number of guanidine groups is 2. The van der Waals surface area contributed by atoms with Crippen LogP contribution < -0.4 is 27.0 Å². The van der Waals surface area contributed by atoms with Crippen molar-refractivity contribution in [1.82, 2.24) is 20.4 Å². The summed E-state index contributed by atoms with van der Waals surface area (Å²) in [6, 6.07) is 10.2. The third kappa shape index (κ3) is 3.82. The first-order chi connectivity index (χ1) is 19.5. The van der Waals surface area contributed by atoms with Gasteiger partial charge in [0.1, 0.15) is 18.6 Å². The third-order valence-electron chi connectivity index (χ3n) is 8.45. The molecule has 41 heavy (non-hydrogen) atoms. The zero-order valence-corrected chi connectivity index (χ0v) is 22.5. The van der Waals surface area contributed by atoms with E-state index in [0.717, 1.165) is 16.0 Å². The highest BCUT2D eigenvalue weighted by atomic mass is 16.5. The number of anilines is 1. The van der Waals surface area contributed by atoms with Gasteiger partial charge in [-0.1, -0.05) is 30.3 Å². The maximum absolute atomic E-state index is 13.3. The number of nitrogens with two attached hydrogens (primary N) is 2. The van der Waals surface area contributed by atoms with E-state index in [1.807, 2.05) is 19.9 Å². The van der Waals surface area contributed by atoms with Crippen LogP contribution in [-0.4, -0.2) is 99.0 Å². The van der Waals surface area contributed by atoms with Crippen LogP contribution in [0.15, 0.2) is 58.5 Å². The molecule has 14 heteroatoms. The Morgan fingerprint density at radius 2 is 1.83 bits per heavy atom. The van der Waals surface area contributed by atoms with Crippen molar-refractivity contribution in [3.05, 3.63) is 65.2 Å². The number of imide groups is 1. The second-order valence-electron chi connectivity index (χ2n) is 10.7. The number of rotatable bonds is 5. The van der Waals surface area contributed by atoms with Crippen molar-refractivity contribution in [1.29, 1.82) is 0 Å². The van der Waals surface area contributed by atoms with Gasteiger partial charge in [-0.25, -0.2) is 14.8 Å². The van der Waals surface area contributed by atoms with Gasteiger partial charge in [0, 0.05) is 17.8 Å². The fourth-order valence-electron chi connectivity index (χ4n) is 6.19. The normalized spacial score (nSPS) is 28.2. The summed E-state index contributed by atoms with van der Waals surface area (Å²) in [5.41, 5.74) is 13.2. The molecule has 2 fully saturated rings. The number of carbonyl (C=O) groups is 3. The Hall–Kier alpha value is -4.69. The van der Waals surface area contributed by atoms with Gasteiger partial charge in [-0.2, -0.15) is 0 Å². The summed E-state index contributed by atoms with van der Waals surface area (Å²) < 4.78 is 0. The Labute approximate surface area is 235 Å². The fraction of sp³-hybridized carbons (Fsp3) is 0.370. The smallest absolute Gasteiger partial charge is 0.331 e. The van der Waals surface area contributed by atoms with E-state index < -0.39 is 47.4 Å². The second-order valence-corrected chi connectivity index (χ2v) is 10.7. The summed E-state index contributed by atoms with van der Waals surface area (Å²) in [4.78, 5) is 52.2. The van der Waals surface area contributed by atoms with Crippen LogP contribution in [0.4, 0.5) is 10.5 Å². The lowest BCUT2D eigenvalue weighted by atomic mass is 9.84. The van der Waals surface area contributed by atoms with Gasteiger partial charge in [0.05, 0.1) is 12.6 Å². The Morgan fingerprint density at radius 3 is 2.56 bits per heavy atom. The predicted molar refractivity (Wildman–Crippen MR) is 149 cm³/mol. The average molecular weight is 562 g/mol. The summed E-state index contributed by atoms with van der Waals surface area (Å²) in [6.45, 7) is 3.18. The van der Waals surface area contributed by atoms with Gasteiger partial charge in [0.15, 0.2) is 17.6 Å². The summed E-state index contributed by atoms with van der Waals surface area (Å²) in [6.07, 6.45) is 0. The molecule has 2 aromatic rings. The lowest BCUT2D eigenvalue weighted by Crippen LogP contribution is -2.78. The Kier molecular flexibility index (Phi) is 5.94. The molecule has 4 heterocycles. The highest BCUT2D eigenvalue weighted by Gasteiger charge is 2.73. The minimum atomic E-state index is -2.65. The van der Waals surface area contributed by atoms with Crippen LogP contribution in [0.3, 0.4) is 0 Å². The quantitative estimate of drug-likeness (QED) is 0.186. The number of aryl methyl sites for hydroxylation is 1. The first-order valence-corrected chi connectivity index (χ1v) is 13.2. The Balaban J connectivity index is 1.29. The molecule has 4 atom stereocenters. The summed E-state index contributed by atoms with van der Waals surface area (Å²) in [5, 5.41) is 29.0. The number of hydrogen-bond donors (Lipinski definition) is 6. The molecule has 0 saturated carbocycles. The van der Waals surface area contributed by atoms with Gasteiger partial charge in [-0.3, -0.25) is 19.4 Å². The molecule has 6 rings (SSSR count). The standard InChI is InChI=1S/C27H31N9O5/c1-14-7-6-10-17(15(14)2)22(38)31-19-12-36-24(29)30-18(21-26(36,27(19,40)41)33-23(28)32-21)11-35-20(37)13-34(25(35)39)16-8-4-3-5-9-16/h3-10,18-19,21,40-41H,11-13H2,1-2H3,(H2,29,30)(H,31,38)(H3,28,32,33)/t18-,19?,21-,26-/m0/s1. The maximum Gasteiger partial charge on any atom is 0.331 e. The molecule has 0 bridgehead atoms. The van der Waals surface area contributed by atoms with Crippen molar-refractivity contribution < 1.29 is 24.6 Å². The van der Waals surface area contributed by atoms with E-state index in [9.17, 15) is 24.6 Å². The molecule has 0 radical (unpaired) electrons. The largest absolute Gasteiger partial charge is 0.370 e. The lowest BCUT2D eigenvalue weighted by Gasteiger charge is -2.49. The first kappa shape index (κ1) is 26.5. The molecular formula is C27H31N9O5. The highest BCUT2D eigenvalue weighted by Crippen LogP contribution is 2.45. The van der Waals surface area contributed by atoms with E-state index in [1.165, 1.54) is 9.80 Å². The number of urea groups is 1.